The first-order chi connectivity index (χ1) is 13.3. The van der Waals surface area contributed by atoms with E-state index in [1.54, 1.807) is 4.90 Å². The molecule has 4 heteroatoms. The first kappa shape index (κ1) is 21.7. The molecule has 0 radical (unpaired) electrons. The first-order valence-corrected chi connectivity index (χ1v) is 9.81. The van der Waals surface area contributed by atoms with Gasteiger partial charge in [-0.1, -0.05) is 43.3 Å². The van der Waals surface area contributed by atoms with E-state index >= 15 is 0 Å². The number of nitrogens with zero attached hydrogens (tertiary/aromatic N) is 2. The fraction of sp³-hybridized carbons (Fsp3) is 0.375. The van der Waals surface area contributed by atoms with Crippen molar-refractivity contribution < 1.29 is 9.53 Å². The van der Waals surface area contributed by atoms with Crippen LogP contribution >= 0.6 is 0 Å². The molecule has 0 aliphatic heterocycles. The van der Waals surface area contributed by atoms with Gasteiger partial charge in [0.25, 0.3) is 0 Å². The summed E-state index contributed by atoms with van der Waals surface area (Å²) in [6, 6.07) is 17.4. The number of rotatable bonds is 7. The Labute approximate surface area is 169 Å². The molecule has 0 unspecified atom stereocenters. The fourth-order valence-corrected chi connectivity index (χ4v) is 3.47. The highest BCUT2D eigenvalue weighted by Crippen LogP contribution is 2.27. The second-order valence-electron chi connectivity index (χ2n) is 7.60. The second kappa shape index (κ2) is 10.1. The fourth-order valence-electron chi connectivity index (χ4n) is 3.47. The molecule has 1 atom stereocenters. The van der Waals surface area contributed by atoms with Crippen molar-refractivity contribution in [2.45, 2.75) is 33.7 Å². The Hall–Kier alpha value is -2.59. The van der Waals surface area contributed by atoms with Gasteiger partial charge in [-0.05, 0) is 76.2 Å². The van der Waals surface area contributed by atoms with Crippen LogP contribution in [-0.4, -0.2) is 37.7 Å². The Kier molecular flexibility index (Phi) is 7.82. The van der Waals surface area contributed by atoms with E-state index in [9.17, 15) is 4.79 Å². The molecule has 0 saturated heterocycles. The zero-order valence-corrected chi connectivity index (χ0v) is 17.8. The topological polar surface area (TPSA) is 32.8 Å². The van der Waals surface area contributed by atoms with Gasteiger partial charge < -0.3 is 9.64 Å². The highest BCUT2D eigenvalue weighted by atomic mass is 16.6. The molecular formula is C24H32N2O2. The summed E-state index contributed by atoms with van der Waals surface area (Å²) in [5, 5.41) is 0. The number of anilines is 1. The molecule has 1 amide bonds. The zero-order chi connectivity index (χ0) is 20.7. The van der Waals surface area contributed by atoms with Crippen LogP contribution in [0.1, 0.15) is 33.3 Å². The van der Waals surface area contributed by atoms with Crippen molar-refractivity contribution in [2.75, 3.05) is 25.5 Å². The number of carbonyl (C=O) groups excluding carboxylic acids is 1. The lowest BCUT2D eigenvalue weighted by Gasteiger charge is -2.26. The lowest BCUT2D eigenvalue weighted by molar-refractivity contribution is 0.206. The number of hydrogen-bond donors (Lipinski definition) is 0. The van der Waals surface area contributed by atoms with Gasteiger partial charge in [-0.3, -0.25) is 4.90 Å². The predicted octanol–water partition coefficient (Wildman–Crippen LogP) is 5.70. The highest BCUT2D eigenvalue weighted by molar-refractivity contribution is 5.89. The molecule has 0 fully saturated rings. The van der Waals surface area contributed by atoms with Gasteiger partial charge in [0.05, 0.1) is 0 Å². The summed E-state index contributed by atoms with van der Waals surface area (Å²) in [4.78, 5) is 16.7. The molecule has 0 bridgehead atoms. The average Bonchev–Trinajstić information content (AvgIpc) is 2.62. The molecule has 150 valence electrons. The number of para-hydroxylation sites is 1. The number of hydrogen-bond acceptors (Lipinski definition) is 3. The molecule has 4 nitrogen and oxygen atoms in total. The van der Waals surface area contributed by atoms with E-state index in [0.29, 0.717) is 11.7 Å². The minimum atomic E-state index is -0.373. The molecule has 28 heavy (non-hydrogen) atoms. The molecule has 0 aliphatic carbocycles. The van der Waals surface area contributed by atoms with Crippen molar-refractivity contribution in [3.8, 4) is 5.75 Å². The van der Waals surface area contributed by atoms with Crippen LogP contribution in [0.2, 0.25) is 0 Å². The number of allylic oxidation sites excluding steroid dienone is 1. The SMILES string of the molecule is C/C=C(\c1cccc(OC(=O)N(c2ccccc2)C(C)C)c1)[C@@H](C)CN(C)C. The number of carbonyl (C=O) groups is 1. The first-order valence-electron chi connectivity index (χ1n) is 9.81. The maximum Gasteiger partial charge on any atom is 0.419 e. The van der Waals surface area contributed by atoms with E-state index in [1.165, 1.54) is 5.57 Å². The van der Waals surface area contributed by atoms with E-state index in [-0.39, 0.29) is 12.1 Å². The normalized spacial score (nSPS) is 12.9. The summed E-state index contributed by atoms with van der Waals surface area (Å²) in [5.74, 6) is 0.933. The molecule has 0 aromatic heterocycles. The summed E-state index contributed by atoms with van der Waals surface area (Å²) in [7, 11) is 4.15. The standard InChI is InChI=1S/C24H32N2O2/c1-7-23(19(4)17-25(5)6)20-12-11-15-22(16-20)28-24(27)26(18(2)3)21-13-9-8-10-14-21/h7-16,18-19H,17H2,1-6H3/b23-7-/t19-/m0/s1. The van der Waals surface area contributed by atoms with E-state index in [2.05, 4.69) is 45.0 Å². The van der Waals surface area contributed by atoms with Crippen LogP contribution in [0.25, 0.3) is 5.57 Å². The van der Waals surface area contributed by atoms with Gasteiger partial charge in [0, 0.05) is 18.3 Å². The maximum absolute atomic E-state index is 12.9. The van der Waals surface area contributed by atoms with Crippen molar-refractivity contribution >= 4 is 17.4 Å². The van der Waals surface area contributed by atoms with E-state index in [0.717, 1.165) is 17.8 Å². The number of ether oxygens (including phenoxy) is 1. The Morgan fingerprint density at radius 1 is 1.04 bits per heavy atom. The highest BCUT2D eigenvalue weighted by Gasteiger charge is 2.21. The Morgan fingerprint density at radius 2 is 1.71 bits per heavy atom. The minimum absolute atomic E-state index is 0.00991. The quantitative estimate of drug-likeness (QED) is 0.617. The van der Waals surface area contributed by atoms with Crippen LogP contribution in [-0.2, 0) is 0 Å². The molecule has 2 rings (SSSR count). The summed E-state index contributed by atoms with van der Waals surface area (Å²) < 4.78 is 5.74. The molecular weight excluding hydrogens is 348 g/mol. The van der Waals surface area contributed by atoms with Crippen LogP contribution in [0.5, 0.6) is 5.75 Å². The zero-order valence-electron chi connectivity index (χ0n) is 17.8. The van der Waals surface area contributed by atoms with E-state index < -0.39 is 0 Å². The van der Waals surface area contributed by atoms with Gasteiger partial charge in [0.1, 0.15) is 5.75 Å². The molecule has 0 N–H and O–H groups in total. The van der Waals surface area contributed by atoms with Gasteiger partial charge in [0.15, 0.2) is 0 Å². The molecule has 0 aliphatic rings. The van der Waals surface area contributed by atoms with Gasteiger partial charge >= 0.3 is 6.09 Å². The van der Waals surface area contributed by atoms with E-state index in [1.807, 2.05) is 62.4 Å². The van der Waals surface area contributed by atoms with Crippen molar-refractivity contribution in [3.05, 3.63) is 66.2 Å². The van der Waals surface area contributed by atoms with Crippen molar-refractivity contribution in [1.82, 2.24) is 4.90 Å². The second-order valence-corrected chi connectivity index (χ2v) is 7.60. The number of benzene rings is 2. The summed E-state index contributed by atoms with van der Waals surface area (Å²) in [6.07, 6.45) is 1.76. The molecule has 2 aromatic rings. The lowest BCUT2D eigenvalue weighted by atomic mass is 9.93. The lowest BCUT2D eigenvalue weighted by Crippen LogP contribution is -2.39. The van der Waals surface area contributed by atoms with Crippen LogP contribution < -0.4 is 9.64 Å². The minimum Gasteiger partial charge on any atom is -0.410 e. The molecule has 0 heterocycles. The van der Waals surface area contributed by atoms with Crippen molar-refractivity contribution in [2.24, 2.45) is 5.92 Å². The van der Waals surface area contributed by atoms with Crippen LogP contribution in [0.4, 0.5) is 10.5 Å². The van der Waals surface area contributed by atoms with Gasteiger partial charge in [0.2, 0.25) is 0 Å². The van der Waals surface area contributed by atoms with Crippen molar-refractivity contribution in [1.29, 1.82) is 0 Å². The largest absolute Gasteiger partial charge is 0.419 e. The Bertz CT molecular complexity index is 797. The Morgan fingerprint density at radius 3 is 2.29 bits per heavy atom. The number of amides is 1. The smallest absolute Gasteiger partial charge is 0.410 e. The molecule has 0 saturated carbocycles. The molecule has 2 aromatic carbocycles. The third kappa shape index (κ3) is 5.70. The third-order valence-corrected chi connectivity index (χ3v) is 4.60. The van der Waals surface area contributed by atoms with Crippen LogP contribution in [0.3, 0.4) is 0 Å². The third-order valence-electron chi connectivity index (χ3n) is 4.60. The van der Waals surface area contributed by atoms with Gasteiger partial charge in [-0.25, -0.2) is 4.79 Å². The van der Waals surface area contributed by atoms with Crippen molar-refractivity contribution in [3.63, 3.8) is 0 Å². The molecule has 0 spiro atoms. The van der Waals surface area contributed by atoms with Crippen LogP contribution in [0.15, 0.2) is 60.7 Å². The average molecular weight is 381 g/mol. The Balaban J connectivity index is 2.22. The summed E-state index contributed by atoms with van der Waals surface area (Å²) in [5.41, 5.74) is 3.15. The van der Waals surface area contributed by atoms with Gasteiger partial charge in [-0.2, -0.15) is 0 Å². The van der Waals surface area contributed by atoms with Crippen LogP contribution in [0, 0.1) is 5.92 Å². The summed E-state index contributed by atoms with van der Waals surface area (Å²) in [6.45, 7) is 9.18. The predicted molar refractivity (Wildman–Crippen MR) is 118 cm³/mol. The van der Waals surface area contributed by atoms with E-state index in [4.69, 9.17) is 4.74 Å². The maximum atomic E-state index is 12.9. The van der Waals surface area contributed by atoms with Gasteiger partial charge in [-0.15, -0.1) is 0 Å². The summed E-state index contributed by atoms with van der Waals surface area (Å²) >= 11 is 0. The monoisotopic (exact) mass is 380 g/mol.